The summed E-state index contributed by atoms with van der Waals surface area (Å²) in [4.78, 5) is 26.0. The summed E-state index contributed by atoms with van der Waals surface area (Å²) in [7, 11) is 1.28. The van der Waals surface area contributed by atoms with E-state index in [0.29, 0.717) is 6.42 Å². The van der Waals surface area contributed by atoms with E-state index in [-0.39, 0.29) is 18.4 Å². The lowest BCUT2D eigenvalue weighted by atomic mass is 10.0. The van der Waals surface area contributed by atoms with Crippen molar-refractivity contribution in [1.29, 1.82) is 0 Å². The van der Waals surface area contributed by atoms with Crippen molar-refractivity contribution in [3.8, 4) is 0 Å². The second-order valence-electron chi connectivity index (χ2n) is 7.51. The number of hydrogen-bond acceptors (Lipinski definition) is 6. The molecule has 3 atom stereocenters. The van der Waals surface area contributed by atoms with Crippen molar-refractivity contribution in [1.82, 2.24) is 4.90 Å². The molecule has 1 fully saturated rings. The highest BCUT2D eigenvalue weighted by atomic mass is 16.6. The van der Waals surface area contributed by atoms with E-state index in [1.165, 1.54) is 12.0 Å². The summed E-state index contributed by atoms with van der Waals surface area (Å²) < 4.78 is 21.9. The minimum Gasteiger partial charge on any atom is -0.463 e. The molecule has 0 unspecified atom stereocenters. The molecule has 2 heterocycles. The van der Waals surface area contributed by atoms with Crippen LogP contribution in [0.3, 0.4) is 0 Å². The van der Waals surface area contributed by atoms with E-state index in [1.54, 1.807) is 6.08 Å². The van der Waals surface area contributed by atoms with Gasteiger partial charge in [-0.3, -0.25) is 4.90 Å². The zero-order valence-corrected chi connectivity index (χ0v) is 16.0. The molecule has 3 rings (SSSR count). The van der Waals surface area contributed by atoms with Gasteiger partial charge in [0.05, 0.1) is 24.9 Å². The predicted octanol–water partition coefficient (Wildman–Crippen LogP) is 3.17. The molecule has 0 aliphatic carbocycles. The Hall–Kier alpha value is -2.54. The van der Waals surface area contributed by atoms with E-state index >= 15 is 0 Å². The topological polar surface area (TPSA) is 74.3 Å². The Morgan fingerprint density at radius 1 is 1.22 bits per heavy atom. The van der Waals surface area contributed by atoms with Gasteiger partial charge in [-0.1, -0.05) is 30.3 Å². The molecule has 146 valence electrons. The first-order chi connectivity index (χ1) is 12.8. The van der Waals surface area contributed by atoms with Crippen LogP contribution in [0.2, 0.25) is 0 Å². The first-order valence-electron chi connectivity index (χ1n) is 8.93. The molecule has 0 bridgehead atoms. The number of rotatable bonds is 4. The van der Waals surface area contributed by atoms with Crippen molar-refractivity contribution >= 4 is 12.1 Å². The van der Waals surface area contributed by atoms with Crippen molar-refractivity contribution in [2.75, 3.05) is 13.7 Å². The summed E-state index contributed by atoms with van der Waals surface area (Å²) in [6, 6.07) is 9.29. The second-order valence-corrected chi connectivity index (χ2v) is 7.51. The average Bonchev–Trinajstić information content (AvgIpc) is 3.01. The second kappa shape index (κ2) is 7.60. The van der Waals surface area contributed by atoms with Crippen LogP contribution in [0.5, 0.6) is 0 Å². The maximum Gasteiger partial charge on any atom is 0.413 e. The number of cyclic esters (lactones) is 1. The Labute approximate surface area is 158 Å². The highest BCUT2D eigenvalue weighted by Crippen LogP contribution is 2.35. The Bertz CT molecular complexity index is 724. The summed E-state index contributed by atoms with van der Waals surface area (Å²) >= 11 is 0. The Kier molecular flexibility index (Phi) is 5.41. The molecule has 0 aromatic heterocycles. The van der Waals surface area contributed by atoms with Crippen molar-refractivity contribution in [3.05, 3.63) is 47.7 Å². The lowest BCUT2D eigenvalue weighted by Crippen LogP contribution is -2.45. The zero-order valence-electron chi connectivity index (χ0n) is 16.0. The van der Waals surface area contributed by atoms with Gasteiger partial charge in [0.25, 0.3) is 0 Å². The van der Waals surface area contributed by atoms with Crippen LogP contribution in [0.15, 0.2) is 42.2 Å². The Balaban J connectivity index is 1.88. The highest BCUT2D eigenvalue weighted by molar-refractivity contribution is 5.86. The highest BCUT2D eigenvalue weighted by Gasteiger charge is 2.44. The molecule has 1 aromatic rings. The molecule has 0 saturated carbocycles. The van der Waals surface area contributed by atoms with Gasteiger partial charge in [-0.05, 0) is 32.4 Å². The van der Waals surface area contributed by atoms with Crippen LogP contribution in [-0.4, -0.2) is 48.6 Å². The number of amides is 1. The van der Waals surface area contributed by atoms with Gasteiger partial charge in [0, 0.05) is 6.42 Å². The van der Waals surface area contributed by atoms with Crippen molar-refractivity contribution in [2.45, 2.75) is 51.2 Å². The van der Waals surface area contributed by atoms with Crippen LogP contribution >= 0.6 is 0 Å². The number of carbonyl (C=O) groups is 2. The number of nitrogens with zero attached hydrogens (tertiary/aromatic N) is 1. The number of ether oxygens (including phenoxy) is 4. The number of methoxy groups -OCH3 is 1. The first kappa shape index (κ1) is 19.2. The molecular formula is C20H25NO6. The van der Waals surface area contributed by atoms with Crippen molar-refractivity contribution in [2.24, 2.45) is 0 Å². The zero-order chi connectivity index (χ0) is 19.6. The predicted molar refractivity (Wildman–Crippen MR) is 96.6 cm³/mol. The summed E-state index contributed by atoms with van der Waals surface area (Å²) in [5.41, 5.74) is 0.517. The average molecular weight is 375 g/mol. The van der Waals surface area contributed by atoms with Gasteiger partial charge in [-0.15, -0.1) is 0 Å². The molecular weight excluding hydrogens is 350 g/mol. The van der Waals surface area contributed by atoms with Gasteiger partial charge >= 0.3 is 12.1 Å². The molecule has 2 aliphatic rings. The molecule has 0 spiro atoms. The maximum absolute atomic E-state index is 12.4. The molecule has 2 aliphatic heterocycles. The van der Waals surface area contributed by atoms with E-state index in [0.717, 1.165) is 5.56 Å². The normalized spacial score (nSPS) is 25.5. The van der Waals surface area contributed by atoms with E-state index in [9.17, 15) is 9.59 Å². The summed E-state index contributed by atoms with van der Waals surface area (Å²) in [5, 5.41) is 0. The fourth-order valence-corrected chi connectivity index (χ4v) is 3.28. The van der Waals surface area contributed by atoms with Gasteiger partial charge in [0.15, 0.2) is 6.23 Å². The van der Waals surface area contributed by atoms with Crippen molar-refractivity contribution in [3.63, 3.8) is 0 Å². The Morgan fingerprint density at radius 2 is 1.93 bits per heavy atom. The molecule has 0 N–H and O–H groups in total. The van der Waals surface area contributed by atoms with E-state index in [1.807, 2.05) is 51.1 Å². The number of carbonyl (C=O) groups excluding carboxylic acids is 2. The quantitative estimate of drug-likeness (QED) is 0.753. The van der Waals surface area contributed by atoms with Crippen molar-refractivity contribution < 1.29 is 28.5 Å². The van der Waals surface area contributed by atoms with Crippen LogP contribution in [0.4, 0.5) is 4.79 Å². The minimum atomic E-state index is -0.698. The van der Waals surface area contributed by atoms with Gasteiger partial charge in [-0.2, -0.15) is 0 Å². The minimum absolute atomic E-state index is 0.0366. The summed E-state index contributed by atoms with van der Waals surface area (Å²) in [5.74, 6) is -0.569. The standard InChI is InChI=1S/C20H25NO6/c1-20(2,3)27-14-10-16(18(22)24-4)26-17(11-14)21-15(12-25-19(21)23)13-8-6-5-7-9-13/h5-10,14-15,17H,11-12H2,1-4H3/t14-,15-,17+/m0/s1. The lowest BCUT2D eigenvalue weighted by molar-refractivity contribution is -0.149. The third-order valence-corrected chi connectivity index (χ3v) is 4.33. The summed E-state index contributed by atoms with van der Waals surface area (Å²) in [6.45, 7) is 6.02. The number of hydrogen-bond donors (Lipinski definition) is 0. The smallest absolute Gasteiger partial charge is 0.413 e. The molecule has 7 heteroatoms. The Morgan fingerprint density at radius 3 is 2.56 bits per heavy atom. The van der Waals surface area contributed by atoms with Gasteiger partial charge in [-0.25, -0.2) is 9.59 Å². The monoisotopic (exact) mass is 375 g/mol. The SMILES string of the molecule is COC(=O)C1=C[C@H](OC(C)(C)C)C[C@H](N2C(=O)OC[C@H]2c2ccccc2)O1. The fourth-order valence-electron chi connectivity index (χ4n) is 3.28. The van der Waals surface area contributed by atoms with Crippen LogP contribution in [0.25, 0.3) is 0 Å². The third-order valence-electron chi connectivity index (χ3n) is 4.33. The number of esters is 1. The number of benzene rings is 1. The molecule has 0 radical (unpaired) electrons. The maximum atomic E-state index is 12.4. The molecule has 27 heavy (non-hydrogen) atoms. The summed E-state index contributed by atoms with van der Waals surface area (Å²) in [6.07, 6.45) is 0.414. The molecule has 1 amide bonds. The van der Waals surface area contributed by atoms with Gasteiger partial charge in [0.1, 0.15) is 6.61 Å². The third kappa shape index (κ3) is 4.42. The molecule has 1 aromatic carbocycles. The van der Waals surface area contributed by atoms with Gasteiger partial charge in [0.2, 0.25) is 5.76 Å². The largest absolute Gasteiger partial charge is 0.463 e. The molecule has 1 saturated heterocycles. The first-order valence-corrected chi connectivity index (χ1v) is 8.93. The molecule has 7 nitrogen and oxygen atoms in total. The van der Waals surface area contributed by atoms with E-state index < -0.39 is 30.0 Å². The van der Waals surface area contributed by atoms with Crippen LogP contribution in [0.1, 0.15) is 38.8 Å². The van der Waals surface area contributed by atoms with Crippen LogP contribution < -0.4 is 0 Å². The van der Waals surface area contributed by atoms with Gasteiger partial charge < -0.3 is 18.9 Å². The lowest BCUT2D eigenvalue weighted by Gasteiger charge is -2.37. The van der Waals surface area contributed by atoms with Crippen LogP contribution in [-0.2, 0) is 23.7 Å². The van der Waals surface area contributed by atoms with Crippen LogP contribution in [0, 0.1) is 0 Å². The van der Waals surface area contributed by atoms with E-state index in [2.05, 4.69) is 0 Å². The van der Waals surface area contributed by atoms with E-state index in [4.69, 9.17) is 18.9 Å². The fraction of sp³-hybridized carbons (Fsp3) is 0.500.